The van der Waals surface area contributed by atoms with Crippen LogP contribution in [0.25, 0.3) is 11.1 Å². The van der Waals surface area contributed by atoms with E-state index in [1.165, 1.54) is 22.3 Å². The van der Waals surface area contributed by atoms with E-state index in [-0.39, 0.29) is 36.5 Å². The smallest absolute Gasteiger partial charge is 0.317 e. The zero-order valence-corrected chi connectivity index (χ0v) is 19.2. The summed E-state index contributed by atoms with van der Waals surface area (Å²) in [6.45, 7) is 5.99. The van der Waals surface area contributed by atoms with Crippen LogP contribution in [0.4, 0.5) is 4.79 Å². The second-order valence-corrected chi connectivity index (χ2v) is 8.94. The average molecular weight is 436 g/mol. The fraction of sp³-hybridized carbons (Fsp3) is 0.462. The first-order chi connectivity index (χ1) is 15.5. The van der Waals surface area contributed by atoms with Crippen molar-refractivity contribution in [2.45, 2.75) is 38.8 Å². The number of rotatable bonds is 7. The number of nitrogens with one attached hydrogen (secondary N) is 1. The minimum absolute atomic E-state index is 0.0148. The first-order valence-electron chi connectivity index (χ1n) is 11.5. The predicted molar refractivity (Wildman–Crippen MR) is 125 cm³/mol. The van der Waals surface area contributed by atoms with Crippen molar-refractivity contribution in [3.05, 3.63) is 59.7 Å². The van der Waals surface area contributed by atoms with E-state index < -0.39 is 0 Å². The number of ether oxygens (including phenoxy) is 1. The van der Waals surface area contributed by atoms with Crippen molar-refractivity contribution in [2.75, 3.05) is 33.4 Å². The summed E-state index contributed by atoms with van der Waals surface area (Å²) >= 11 is 0. The zero-order valence-electron chi connectivity index (χ0n) is 19.2. The van der Waals surface area contributed by atoms with Crippen molar-refractivity contribution in [2.24, 2.45) is 5.92 Å². The summed E-state index contributed by atoms with van der Waals surface area (Å²) in [4.78, 5) is 28.9. The highest BCUT2D eigenvalue weighted by molar-refractivity contribution is 5.86. The third-order valence-corrected chi connectivity index (χ3v) is 6.65. The van der Waals surface area contributed by atoms with Gasteiger partial charge in [0.25, 0.3) is 0 Å². The number of fused-ring (bicyclic) bond motifs is 1. The first-order valence-corrected chi connectivity index (χ1v) is 11.5. The molecule has 0 unspecified atom stereocenters. The lowest BCUT2D eigenvalue weighted by Crippen LogP contribution is -2.75. The molecule has 2 saturated heterocycles. The van der Waals surface area contributed by atoms with Gasteiger partial charge in [-0.05, 0) is 36.5 Å². The number of urea groups is 1. The van der Waals surface area contributed by atoms with E-state index in [0.717, 1.165) is 12.8 Å². The molecule has 3 amide bonds. The van der Waals surface area contributed by atoms with Crippen molar-refractivity contribution in [1.29, 1.82) is 0 Å². The number of carbonyl (C=O) groups excluding carboxylic acids is 2. The van der Waals surface area contributed by atoms with E-state index in [9.17, 15) is 9.59 Å². The van der Waals surface area contributed by atoms with Gasteiger partial charge in [-0.2, -0.15) is 0 Å². The topological polar surface area (TPSA) is 61.9 Å². The fourth-order valence-corrected chi connectivity index (χ4v) is 5.02. The molecule has 2 fully saturated rings. The summed E-state index contributed by atoms with van der Waals surface area (Å²) in [5.74, 6) is 0.284. The largest absolute Gasteiger partial charge is 0.383 e. The number of nitrogens with zero attached hydrogens (tertiary/aromatic N) is 2. The quantitative estimate of drug-likeness (QED) is 0.724. The number of amides is 3. The number of benzene rings is 2. The van der Waals surface area contributed by atoms with Crippen molar-refractivity contribution in [3.63, 3.8) is 0 Å². The number of carbonyl (C=O) groups is 2. The Labute approximate surface area is 190 Å². The fourth-order valence-electron chi connectivity index (χ4n) is 5.02. The van der Waals surface area contributed by atoms with E-state index in [1.807, 2.05) is 11.8 Å². The van der Waals surface area contributed by atoms with Crippen LogP contribution in [0, 0.1) is 12.8 Å². The lowest BCUT2D eigenvalue weighted by atomic mass is 9.74. The molecule has 1 N–H and O–H groups in total. The molecule has 6 nitrogen and oxygen atoms in total. The van der Waals surface area contributed by atoms with Crippen molar-refractivity contribution in [1.82, 2.24) is 15.1 Å². The van der Waals surface area contributed by atoms with Gasteiger partial charge in [-0.3, -0.25) is 4.79 Å². The molecular weight excluding hydrogens is 402 g/mol. The maximum Gasteiger partial charge on any atom is 0.317 e. The molecule has 0 aromatic heterocycles. The van der Waals surface area contributed by atoms with Crippen LogP contribution < -0.4 is 5.32 Å². The molecule has 2 aliphatic heterocycles. The van der Waals surface area contributed by atoms with Gasteiger partial charge in [0, 0.05) is 26.1 Å². The maximum absolute atomic E-state index is 12.8. The number of methoxy groups -OCH3 is 1. The number of piperazine rings is 1. The first kappa shape index (κ1) is 22.3. The van der Waals surface area contributed by atoms with Crippen LogP contribution in [0.5, 0.6) is 0 Å². The van der Waals surface area contributed by atoms with Crippen LogP contribution in [0.3, 0.4) is 0 Å². The number of aryl methyl sites for hydroxylation is 1. The third-order valence-electron chi connectivity index (χ3n) is 6.65. The third kappa shape index (κ3) is 4.51. The average Bonchev–Trinajstić information content (AvgIpc) is 2.79. The summed E-state index contributed by atoms with van der Waals surface area (Å²) in [6, 6.07) is 17.2. The van der Waals surface area contributed by atoms with Crippen LogP contribution in [0.15, 0.2) is 48.5 Å². The van der Waals surface area contributed by atoms with Crippen LogP contribution in [0.2, 0.25) is 0 Å². The van der Waals surface area contributed by atoms with Gasteiger partial charge in [-0.25, -0.2) is 4.79 Å². The summed E-state index contributed by atoms with van der Waals surface area (Å²) in [6.07, 6.45) is 1.74. The van der Waals surface area contributed by atoms with Crippen molar-refractivity contribution < 1.29 is 14.3 Å². The second-order valence-electron chi connectivity index (χ2n) is 8.94. The van der Waals surface area contributed by atoms with Gasteiger partial charge in [0.1, 0.15) is 6.54 Å². The summed E-state index contributed by atoms with van der Waals surface area (Å²) in [7, 11) is 1.68. The van der Waals surface area contributed by atoms with Gasteiger partial charge in [-0.15, -0.1) is 0 Å². The van der Waals surface area contributed by atoms with Gasteiger partial charge in [-0.1, -0.05) is 61.0 Å². The molecule has 6 heteroatoms. The molecule has 2 aromatic rings. The Morgan fingerprint density at radius 3 is 2.62 bits per heavy atom. The molecule has 32 heavy (non-hydrogen) atoms. The standard InChI is InChI=1S/C26H33N3O3/c1-4-12-27-26(31)28-15-23-22(24(17-32-3)29(23)25(30)16-28)14-19-8-10-20(11-9-19)21-7-5-6-18(2)13-21/h5-11,13,22-24H,4,12,14-17H2,1-3H3,(H,27,31)/t22-,23+,24+/m1/s1. The molecule has 170 valence electrons. The summed E-state index contributed by atoms with van der Waals surface area (Å²) < 4.78 is 5.44. The Kier molecular flexibility index (Phi) is 6.80. The van der Waals surface area contributed by atoms with E-state index in [2.05, 4.69) is 60.8 Å². The number of hydrogen-bond acceptors (Lipinski definition) is 3. The highest BCUT2D eigenvalue weighted by Crippen LogP contribution is 2.38. The maximum atomic E-state index is 12.8. The summed E-state index contributed by atoms with van der Waals surface area (Å²) in [5.41, 5.74) is 4.91. The molecule has 0 aliphatic carbocycles. The molecule has 0 radical (unpaired) electrons. The molecule has 0 spiro atoms. The molecule has 2 aliphatic rings. The number of hydrogen-bond donors (Lipinski definition) is 1. The molecular formula is C26H33N3O3. The summed E-state index contributed by atoms with van der Waals surface area (Å²) in [5, 5.41) is 2.90. The van der Waals surface area contributed by atoms with E-state index >= 15 is 0 Å². The van der Waals surface area contributed by atoms with Gasteiger partial charge in [0.05, 0.1) is 18.7 Å². The minimum Gasteiger partial charge on any atom is -0.383 e. The second kappa shape index (κ2) is 9.74. The predicted octanol–water partition coefficient (Wildman–Crippen LogP) is 3.48. The lowest BCUT2D eigenvalue weighted by molar-refractivity contribution is -0.168. The zero-order chi connectivity index (χ0) is 22.7. The Bertz CT molecular complexity index is 959. The van der Waals surface area contributed by atoms with Crippen molar-refractivity contribution in [3.8, 4) is 11.1 Å². The normalized spacial score (nSPS) is 22.3. The highest BCUT2D eigenvalue weighted by Gasteiger charge is 2.53. The molecule has 2 heterocycles. The van der Waals surface area contributed by atoms with E-state index in [0.29, 0.717) is 19.7 Å². The molecule has 4 rings (SSSR count). The minimum atomic E-state index is -0.142. The van der Waals surface area contributed by atoms with Crippen LogP contribution >= 0.6 is 0 Å². The van der Waals surface area contributed by atoms with Gasteiger partial charge in [0.2, 0.25) is 5.91 Å². The van der Waals surface area contributed by atoms with E-state index in [1.54, 1.807) is 12.0 Å². The molecule has 2 aromatic carbocycles. The van der Waals surface area contributed by atoms with Gasteiger partial charge >= 0.3 is 6.03 Å². The van der Waals surface area contributed by atoms with Gasteiger partial charge in [0.15, 0.2) is 0 Å². The van der Waals surface area contributed by atoms with Crippen LogP contribution in [-0.4, -0.2) is 67.2 Å². The monoisotopic (exact) mass is 435 g/mol. The van der Waals surface area contributed by atoms with Crippen molar-refractivity contribution >= 4 is 11.9 Å². The lowest BCUT2D eigenvalue weighted by Gasteiger charge is -2.59. The Hall–Kier alpha value is -2.86. The molecule has 0 saturated carbocycles. The molecule has 3 atom stereocenters. The highest BCUT2D eigenvalue weighted by atomic mass is 16.5. The van der Waals surface area contributed by atoms with Crippen LogP contribution in [-0.2, 0) is 16.0 Å². The van der Waals surface area contributed by atoms with Gasteiger partial charge < -0.3 is 19.9 Å². The molecule has 0 bridgehead atoms. The Balaban J connectivity index is 1.47. The Morgan fingerprint density at radius 1 is 1.16 bits per heavy atom. The van der Waals surface area contributed by atoms with E-state index in [4.69, 9.17) is 4.74 Å². The van der Waals surface area contributed by atoms with Crippen LogP contribution in [0.1, 0.15) is 24.5 Å². The SMILES string of the molecule is CCCNC(=O)N1CC(=O)N2[C@@H](COC)[C@H](Cc3ccc(-c4cccc(C)c4)cc3)[C@@H]2C1. The Morgan fingerprint density at radius 2 is 1.94 bits per heavy atom.